The van der Waals surface area contributed by atoms with Crippen LogP contribution in [0.3, 0.4) is 0 Å². The van der Waals surface area contributed by atoms with Gasteiger partial charge in [0.25, 0.3) is 0 Å². The third-order valence-corrected chi connectivity index (χ3v) is 7.13. The van der Waals surface area contributed by atoms with Crippen LogP contribution in [0, 0.1) is 11.7 Å². The van der Waals surface area contributed by atoms with Crippen molar-refractivity contribution in [2.24, 2.45) is 5.92 Å². The van der Waals surface area contributed by atoms with Crippen molar-refractivity contribution >= 4 is 5.91 Å². The van der Waals surface area contributed by atoms with Gasteiger partial charge in [0.15, 0.2) is 5.82 Å². The molecule has 0 spiro atoms. The molecule has 0 saturated carbocycles. The number of carbonyl (C=O) groups excluding carboxylic acids is 1. The molecule has 1 unspecified atom stereocenters. The Labute approximate surface area is 239 Å². The Hall–Kier alpha value is -4.50. The van der Waals surface area contributed by atoms with Crippen molar-refractivity contribution in [3.05, 3.63) is 108 Å². The first kappa shape index (κ1) is 28.0. The van der Waals surface area contributed by atoms with Crippen molar-refractivity contribution in [1.82, 2.24) is 20.2 Å². The molecule has 41 heavy (non-hydrogen) atoms. The van der Waals surface area contributed by atoms with Crippen molar-refractivity contribution in [1.29, 1.82) is 0 Å². The van der Waals surface area contributed by atoms with E-state index in [1.54, 1.807) is 18.2 Å². The number of nitrogens with one attached hydrogen (secondary N) is 1. The quantitative estimate of drug-likeness (QED) is 0.274. The monoisotopic (exact) mass is 556 g/mol. The fourth-order valence-electron chi connectivity index (χ4n) is 4.87. The number of likely N-dealkylation sites (tertiary alicyclic amines) is 1. The van der Waals surface area contributed by atoms with Crippen LogP contribution in [-0.2, 0) is 11.3 Å². The van der Waals surface area contributed by atoms with Crippen LogP contribution < -0.4 is 19.5 Å². The van der Waals surface area contributed by atoms with E-state index in [0.29, 0.717) is 23.1 Å². The van der Waals surface area contributed by atoms with Crippen LogP contribution in [-0.4, -0.2) is 48.1 Å². The maximum atomic E-state index is 13.7. The van der Waals surface area contributed by atoms with Gasteiger partial charge in [0.1, 0.15) is 23.4 Å². The van der Waals surface area contributed by atoms with E-state index in [-0.39, 0.29) is 17.6 Å². The average Bonchev–Trinajstić information content (AvgIpc) is 3.02. The van der Waals surface area contributed by atoms with Gasteiger partial charge in [-0.3, -0.25) is 9.69 Å². The molecule has 9 heteroatoms. The first-order chi connectivity index (χ1) is 20.0. The Bertz CT molecular complexity index is 1400. The number of aromatic nitrogens is 2. The Morgan fingerprint density at radius 1 is 0.902 bits per heavy atom. The molecule has 0 aliphatic carbocycles. The normalized spacial score (nSPS) is 14.7. The second-order valence-electron chi connectivity index (χ2n) is 9.91. The lowest BCUT2D eigenvalue weighted by atomic mass is 9.94. The number of hydrogen-bond donors (Lipinski definition) is 1. The largest absolute Gasteiger partial charge is 0.481 e. The second kappa shape index (κ2) is 13.2. The van der Waals surface area contributed by atoms with E-state index in [1.165, 1.54) is 31.9 Å². The SMILES string of the molecule is COc1cc(OC)nc(C(NC(=O)C2CCN(Cc3ccc(Oc4ccccc4)cc3)CC2)c2ccc(F)cc2)n1. The first-order valence-electron chi connectivity index (χ1n) is 13.6. The van der Waals surface area contributed by atoms with Gasteiger partial charge in [-0.05, 0) is 73.5 Å². The molecule has 1 aliphatic heterocycles. The van der Waals surface area contributed by atoms with E-state index in [9.17, 15) is 9.18 Å². The van der Waals surface area contributed by atoms with E-state index < -0.39 is 6.04 Å². The first-order valence-corrected chi connectivity index (χ1v) is 13.6. The molecule has 1 amide bonds. The third kappa shape index (κ3) is 7.37. The molecule has 3 aromatic carbocycles. The fourth-order valence-corrected chi connectivity index (χ4v) is 4.87. The Morgan fingerprint density at radius 3 is 2.12 bits per heavy atom. The molecule has 5 rings (SSSR count). The highest BCUT2D eigenvalue weighted by atomic mass is 19.1. The lowest BCUT2D eigenvalue weighted by molar-refractivity contribution is -0.127. The zero-order valence-corrected chi connectivity index (χ0v) is 23.1. The summed E-state index contributed by atoms with van der Waals surface area (Å²) in [6.45, 7) is 2.39. The number of methoxy groups -OCH3 is 2. The van der Waals surface area contributed by atoms with Crippen LogP contribution in [0.5, 0.6) is 23.3 Å². The van der Waals surface area contributed by atoms with Crippen LogP contribution in [0.2, 0.25) is 0 Å². The van der Waals surface area contributed by atoms with Crippen LogP contribution in [0.15, 0.2) is 84.9 Å². The minimum absolute atomic E-state index is 0.0909. The Kier molecular flexibility index (Phi) is 9.05. The summed E-state index contributed by atoms with van der Waals surface area (Å²) in [6.07, 6.45) is 1.44. The van der Waals surface area contributed by atoms with Crippen LogP contribution >= 0.6 is 0 Å². The highest BCUT2D eigenvalue weighted by Gasteiger charge is 2.29. The zero-order chi connectivity index (χ0) is 28.6. The number of amides is 1. The van der Waals surface area contributed by atoms with Gasteiger partial charge >= 0.3 is 0 Å². The van der Waals surface area contributed by atoms with E-state index in [4.69, 9.17) is 14.2 Å². The number of rotatable bonds is 10. The molecule has 212 valence electrons. The molecule has 1 fully saturated rings. The zero-order valence-electron chi connectivity index (χ0n) is 23.1. The van der Waals surface area contributed by atoms with E-state index >= 15 is 0 Å². The van der Waals surface area contributed by atoms with Crippen molar-refractivity contribution in [2.75, 3.05) is 27.3 Å². The number of hydrogen-bond acceptors (Lipinski definition) is 7. The van der Waals surface area contributed by atoms with Crippen LogP contribution in [0.25, 0.3) is 0 Å². The molecule has 2 heterocycles. The van der Waals surface area contributed by atoms with Gasteiger partial charge in [0.05, 0.1) is 20.3 Å². The number of para-hydroxylation sites is 1. The van der Waals surface area contributed by atoms with Gasteiger partial charge < -0.3 is 19.5 Å². The summed E-state index contributed by atoms with van der Waals surface area (Å²) in [6, 6.07) is 24.6. The number of benzene rings is 3. The van der Waals surface area contributed by atoms with Gasteiger partial charge in [-0.2, -0.15) is 9.97 Å². The third-order valence-electron chi connectivity index (χ3n) is 7.13. The number of halogens is 1. The maximum absolute atomic E-state index is 13.7. The van der Waals surface area contributed by atoms with E-state index in [1.807, 2.05) is 42.5 Å². The summed E-state index contributed by atoms with van der Waals surface area (Å²) in [5.41, 5.74) is 1.85. The van der Waals surface area contributed by atoms with Crippen molar-refractivity contribution in [3.63, 3.8) is 0 Å². The van der Waals surface area contributed by atoms with Crippen molar-refractivity contribution in [2.45, 2.75) is 25.4 Å². The lowest BCUT2D eigenvalue weighted by Crippen LogP contribution is -2.41. The Morgan fingerprint density at radius 2 is 1.51 bits per heavy atom. The molecular weight excluding hydrogens is 523 g/mol. The summed E-state index contributed by atoms with van der Waals surface area (Å²) in [7, 11) is 3.00. The lowest BCUT2D eigenvalue weighted by Gasteiger charge is -2.32. The van der Waals surface area contributed by atoms with E-state index in [0.717, 1.165) is 44.0 Å². The van der Waals surface area contributed by atoms with E-state index in [2.05, 4.69) is 32.3 Å². The fraction of sp³-hybridized carbons (Fsp3) is 0.281. The molecule has 4 aromatic rings. The van der Waals surface area contributed by atoms with Crippen molar-refractivity contribution in [3.8, 4) is 23.3 Å². The standard InChI is InChI=1S/C32H33FN4O4/c1-39-28-20-29(40-2)35-31(34-28)30(23-10-12-25(33)13-11-23)36-32(38)24-16-18-37(19-17-24)21-22-8-14-27(15-9-22)41-26-6-4-3-5-7-26/h3-15,20,24,30H,16-19,21H2,1-2H3,(H,36,38). The maximum Gasteiger partial charge on any atom is 0.224 e. The predicted molar refractivity (Wildman–Crippen MR) is 152 cm³/mol. The van der Waals surface area contributed by atoms with Crippen LogP contribution in [0.1, 0.15) is 35.8 Å². The van der Waals surface area contributed by atoms with Gasteiger partial charge in [-0.1, -0.05) is 42.5 Å². The minimum Gasteiger partial charge on any atom is -0.481 e. The average molecular weight is 557 g/mol. The highest BCUT2D eigenvalue weighted by Crippen LogP contribution is 2.27. The predicted octanol–water partition coefficient (Wildman–Crippen LogP) is 5.54. The molecule has 1 N–H and O–H groups in total. The molecule has 1 atom stereocenters. The summed E-state index contributed by atoms with van der Waals surface area (Å²) in [5, 5.41) is 3.10. The van der Waals surface area contributed by atoms with Gasteiger partial charge in [0.2, 0.25) is 17.7 Å². The number of nitrogens with zero attached hydrogens (tertiary/aromatic N) is 3. The molecule has 0 bridgehead atoms. The molecular formula is C32H33FN4O4. The van der Waals surface area contributed by atoms with Crippen LogP contribution in [0.4, 0.5) is 4.39 Å². The molecule has 1 aromatic heterocycles. The molecule has 1 aliphatic rings. The second-order valence-corrected chi connectivity index (χ2v) is 9.91. The summed E-state index contributed by atoms with van der Waals surface area (Å²) >= 11 is 0. The molecule has 1 saturated heterocycles. The molecule has 0 radical (unpaired) electrons. The van der Waals surface area contributed by atoms with Crippen molar-refractivity contribution < 1.29 is 23.4 Å². The molecule has 8 nitrogen and oxygen atoms in total. The highest BCUT2D eigenvalue weighted by molar-refractivity contribution is 5.79. The smallest absolute Gasteiger partial charge is 0.224 e. The van der Waals surface area contributed by atoms with Gasteiger partial charge in [0, 0.05) is 12.5 Å². The number of piperidine rings is 1. The summed E-state index contributed by atoms with van der Waals surface area (Å²) in [4.78, 5) is 24.7. The topological polar surface area (TPSA) is 85.8 Å². The Balaban J connectivity index is 1.20. The summed E-state index contributed by atoms with van der Waals surface area (Å²) in [5.74, 6) is 1.90. The van der Waals surface area contributed by atoms with Gasteiger partial charge in [-0.15, -0.1) is 0 Å². The van der Waals surface area contributed by atoms with Gasteiger partial charge in [-0.25, -0.2) is 4.39 Å². The minimum atomic E-state index is -0.693. The summed E-state index contributed by atoms with van der Waals surface area (Å²) < 4.78 is 30.2. The number of ether oxygens (including phenoxy) is 3. The number of carbonyl (C=O) groups is 1.